The van der Waals surface area contributed by atoms with Crippen LogP contribution in [0.3, 0.4) is 0 Å². The van der Waals surface area contributed by atoms with Gasteiger partial charge in [0.2, 0.25) is 0 Å². The first-order chi connectivity index (χ1) is 13.6. The van der Waals surface area contributed by atoms with Gasteiger partial charge in [-0.2, -0.15) is 0 Å². The number of hydrogen-bond acceptors (Lipinski definition) is 4. The van der Waals surface area contributed by atoms with E-state index in [1.165, 1.54) is 17.3 Å². The summed E-state index contributed by atoms with van der Waals surface area (Å²) in [5.74, 6) is 1.27. The second kappa shape index (κ2) is 8.35. The zero-order chi connectivity index (χ0) is 19.5. The maximum Gasteiger partial charge on any atom is 0.266 e. The van der Waals surface area contributed by atoms with Gasteiger partial charge in [-0.15, -0.1) is 0 Å². The van der Waals surface area contributed by atoms with Crippen molar-refractivity contribution in [3.8, 4) is 11.3 Å². The second-order valence-electron chi connectivity index (χ2n) is 6.28. The molecule has 0 aliphatic carbocycles. The van der Waals surface area contributed by atoms with E-state index in [-0.39, 0.29) is 5.91 Å². The third-order valence-electron chi connectivity index (χ3n) is 4.37. The van der Waals surface area contributed by atoms with Gasteiger partial charge in [0.15, 0.2) is 0 Å². The summed E-state index contributed by atoms with van der Waals surface area (Å²) >= 11 is 12.6. The molecule has 0 saturated carbocycles. The SMILES string of the molecule is O=C1/C(=C\c2ccc(-c3ccc(Cl)cc3)o2)SC(=S)N1CCc1ccccc1. The smallest absolute Gasteiger partial charge is 0.266 e. The number of rotatable bonds is 5. The third kappa shape index (κ3) is 4.22. The zero-order valence-corrected chi connectivity index (χ0v) is 17.2. The van der Waals surface area contributed by atoms with Gasteiger partial charge in [0, 0.05) is 23.2 Å². The highest BCUT2D eigenvalue weighted by atomic mass is 35.5. The zero-order valence-electron chi connectivity index (χ0n) is 14.8. The van der Waals surface area contributed by atoms with E-state index in [1.807, 2.05) is 54.6 Å². The van der Waals surface area contributed by atoms with Gasteiger partial charge in [0.1, 0.15) is 15.8 Å². The molecule has 0 spiro atoms. The summed E-state index contributed by atoms with van der Waals surface area (Å²) in [7, 11) is 0. The molecule has 0 unspecified atom stereocenters. The maximum atomic E-state index is 12.7. The van der Waals surface area contributed by atoms with Crippen LogP contribution in [0.4, 0.5) is 0 Å². The van der Waals surface area contributed by atoms with Crippen LogP contribution in [0.5, 0.6) is 0 Å². The topological polar surface area (TPSA) is 33.5 Å². The molecule has 1 saturated heterocycles. The van der Waals surface area contributed by atoms with Gasteiger partial charge < -0.3 is 4.42 Å². The van der Waals surface area contributed by atoms with Crippen molar-refractivity contribution in [2.75, 3.05) is 6.54 Å². The number of furan rings is 1. The molecule has 28 heavy (non-hydrogen) atoms. The Bertz CT molecular complexity index is 1040. The lowest BCUT2D eigenvalue weighted by Gasteiger charge is -2.14. The molecule has 1 fully saturated rings. The van der Waals surface area contributed by atoms with Crippen LogP contribution in [0, 0.1) is 0 Å². The molecule has 0 atom stereocenters. The predicted molar refractivity (Wildman–Crippen MR) is 119 cm³/mol. The van der Waals surface area contributed by atoms with Gasteiger partial charge in [-0.1, -0.05) is 65.9 Å². The van der Waals surface area contributed by atoms with E-state index in [1.54, 1.807) is 11.0 Å². The molecule has 3 nitrogen and oxygen atoms in total. The molecule has 0 bridgehead atoms. The molecule has 1 amide bonds. The number of nitrogens with zero attached hydrogens (tertiary/aromatic N) is 1. The van der Waals surface area contributed by atoms with Crippen LogP contribution in [0.25, 0.3) is 17.4 Å². The Labute approximate surface area is 178 Å². The Morgan fingerprint density at radius 1 is 1.04 bits per heavy atom. The minimum absolute atomic E-state index is 0.0737. The molecule has 6 heteroatoms. The number of halogens is 1. The van der Waals surface area contributed by atoms with Gasteiger partial charge in [0.25, 0.3) is 5.91 Å². The second-order valence-corrected chi connectivity index (χ2v) is 8.39. The number of hydrogen-bond donors (Lipinski definition) is 0. The van der Waals surface area contributed by atoms with E-state index in [2.05, 4.69) is 12.1 Å². The summed E-state index contributed by atoms with van der Waals surface area (Å²) in [5, 5.41) is 0.676. The predicted octanol–water partition coefficient (Wildman–Crippen LogP) is 6.04. The van der Waals surface area contributed by atoms with E-state index < -0.39 is 0 Å². The van der Waals surface area contributed by atoms with Gasteiger partial charge in [0.05, 0.1) is 4.91 Å². The fourth-order valence-corrected chi connectivity index (χ4v) is 4.32. The summed E-state index contributed by atoms with van der Waals surface area (Å²) < 4.78 is 6.45. The van der Waals surface area contributed by atoms with Crippen molar-refractivity contribution in [1.29, 1.82) is 0 Å². The summed E-state index contributed by atoms with van der Waals surface area (Å²) in [5.41, 5.74) is 2.11. The molecule has 1 aromatic heterocycles. The number of carbonyl (C=O) groups excluding carboxylic acids is 1. The maximum absolute atomic E-state index is 12.7. The Morgan fingerprint density at radius 3 is 2.54 bits per heavy atom. The van der Waals surface area contributed by atoms with E-state index in [0.29, 0.717) is 26.6 Å². The molecule has 4 rings (SSSR count). The Kier molecular flexibility index (Phi) is 5.67. The standard InChI is InChI=1S/C22H16ClNO2S2/c23-17-8-6-16(7-9-17)19-11-10-18(26-19)14-20-21(25)24(22(27)28-20)13-12-15-4-2-1-3-5-15/h1-11,14H,12-13H2/b20-14+. The molecule has 1 aliphatic heterocycles. The summed E-state index contributed by atoms with van der Waals surface area (Å²) in [6.45, 7) is 0.570. The van der Waals surface area contributed by atoms with Gasteiger partial charge in [-0.05, 0) is 48.4 Å². The van der Waals surface area contributed by atoms with Crippen molar-refractivity contribution < 1.29 is 9.21 Å². The van der Waals surface area contributed by atoms with Crippen molar-refractivity contribution in [2.45, 2.75) is 6.42 Å². The Hall–Kier alpha value is -2.34. The Balaban J connectivity index is 1.47. The van der Waals surface area contributed by atoms with Gasteiger partial charge in [-0.3, -0.25) is 9.69 Å². The highest BCUT2D eigenvalue weighted by Crippen LogP contribution is 2.33. The molecular formula is C22H16ClNO2S2. The van der Waals surface area contributed by atoms with Crippen molar-refractivity contribution in [2.24, 2.45) is 0 Å². The van der Waals surface area contributed by atoms with E-state index in [9.17, 15) is 4.79 Å². The minimum atomic E-state index is -0.0737. The van der Waals surface area contributed by atoms with Crippen LogP contribution in [-0.2, 0) is 11.2 Å². The fourth-order valence-electron chi connectivity index (χ4n) is 2.91. The number of amides is 1. The van der Waals surface area contributed by atoms with Crippen LogP contribution in [-0.4, -0.2) is 21.7 Å². The first-order valence-electron chi connectivity index (χ1n) is 8.75. The highest BCUT2D eigenvalue weighted by molar-refractivity contribution is 8.26. The first-order valence-corrected chi connectivity index (χ1v) is 10.4. The highest BCUT2D eigenvalue weighted by Gasteiger charge is 2.31. The summed E-state index contributed by atoms with van der Waals surface area (Å²) in [6, 6.07) is 21.2. The van der Waals surface area contributed by atoms with Crippen molar-refractivity contribution in [1.82, 2.24) is 4.90 Å². The molecule has 140 valence electrons. The number of thiocarbonyl (C=S) groups is 1. The van der Waals surface area contributed by atoms with Crippen molar-refractivity contribution in [3.05, 3.63) is 88.0 Å². The lowest BCUT2D eigenvalue weighted by Crippen LogP contribution is -2.30. The van der Waals surface area contributed by atoms with Crippen molar-refractivity contribution >= 4 is 51.9 Å². The summed E-state index contributed by atoms with van der Waals surface area (Å²) in [4.78, 5) is 15.0. The Morgan fingerprint density at radius 2 is 1.79 bits per heavy atom. The van der Waals surface area contributed by atoms with E-state index in [4.69, 9.17) is 28.2 Å². The first kappa shape index (κ1) is 19.0. The minimum Gasteiger partial charge on any atom is -0.457 e. The molecule has 2 aromatic carbocycles. The monoisotopic (exact) mass is 425 g/mol. The number of benzene rings is 2. The molecule has 2 heterocycles. The van der Waals surface area contributed by atoms with Gasteiger partial charge in [-0.25, -0.2) is 0 Å². The van der Waals surface area contributed by atoms with Crippen LogP contribution < -0.4 is 0 Å². The van der Waals surface area contributed by atoms with Crippen LogP contribution in [0.15, 0.2) is 76.1 Å². The van der Waals surface area contributed by atoms with Crippen LogP contribution in [0.2, 0.25) is 5.02 Å². The number of carbonyl (C=O) groups is 1. The fraction of sp³-hybridized carbons (Fsp3) is 0.0909. The quantitative estimate of drug-likeness (QED) is 0.368. The number of thioether (sulfide) groups is 1. The molecule has 3 aromatic rings. The van der Waals surface area contributed by atoms with Crippen LogP contribution in [0.1, 0.15) is 11.3 Å². The van der Waals surface area contributed by atoms with Crippen molar-refractivity contribution in [3.63, 3.8) is 0 Å². The average molecular weight is 426 g/mol. The average Bonchev–Trinajstić information content (AvgIpc) is 3.27. The molecule has 0 radical (unpaired) electrons. The normalized spacial score (nSPS) is 15.6. The van der Waals surface area contributed by atoms with Gasteiger partial charge >= 0.3 is 0 Å². The molecule has 1 aliphatic rings. The lowest BCUT2D eigenvalue weighted by molar-refractivity contribution is -0.122. The van der Waals surface area contributed by atoms with Crippen LogP contribution >= 0.6 is 35.6 Å². The molecule has 0 N–H and O–H groups in total. The lowest BCUT2D eigenvalue weighted by atomic mass is 10.1. The van der Waals surface area contributed by atoms with E-state index >= 15 is 0 Å². The molecular weight excluding hydrogens is 410 g/mol. The van der Waals surface area contributed by atoms with E-state index in [0.717, 1.165) is 17.7 Å². The summed E-state index contributed by atoms with van der Waals surface area (Å²) in [6.07, 6.45) is 2.52. The largest absolute Gasteiger partial charge is 0.457 e. The third-order valence-corrected chi connectivity index (χ3v) is 6.00.